The maximum Gasteiger partial charge on any atom is 0.264 e. The van der Waals surface area contributed by atoms with Crippen molar-refractivity contribution in [2.24, 2.45) is 5.73 Å². The number of nitrogens with two attached hydrogens (primary N) is 1. The predicted octanol–water partition coefficient (Wildman–Crippen LogP) is 2.78. The van der Waals surface area contributed by atoms with Crippen molar-refractivity contribution in [3.05, 3.63) is 58.9 Å². The Morgan fingerprint density at radius 3 is 2.47 bits per heavy atom. The molecule has 160 valence electrons. The van der Waals surface area contributed by atoms with Crippen LogP contribution in [0.5, 0.6) is 0 Å². The zero-order valence-electron chi connectivity index (χ0n) is 16.2. The minimum absolute atomic E-state index is 0.0293. The predicted molar refractivity (Wildman–Crippen MR) is 111 cm³/mol. The molecule has 0 unspecified atom stereocenters. The Kier molecular flexibility index (Phi) is 6.33. The molecule has 10 heteroatoms. The van der Waals surface area contributed by atoms with Crippen molar-refractivity contribution in [2.75, 3.05) is 17.9 Å². The summed E-state index contributed by atoms with van der Waals surface area (Å²) in [6.45, 7) is 0.329. The Labute approximate surface area is 179 Å². The smallest absolute Gasteiger partial charge is 0.264 e. The van der Waals surface area contributed by atoms with Gasteiger partial charge in [-0.05, 0) is 61.7 Å². The number of likely N-dealkylation sites (tertiary alicyclic amines) is 1. The minimum Gasteiger partial charge on any atom is -0.368 e. The van der Waals surface area contributed by atoms with Crippen LogP contribution in [0.1, 0.15) is 29.6 Å². The Morgan fingerprint density at radius 1 is 1.17 bits per heavy atom. The highest BCUT2D eigenvalue weighted by molar-refractivity contribution is 7.92. The molecule has 1 aliphatic rings. The maximum absolute atomic E-state index is 13.2. The summed E-state index contributed by atoms with van der Waals surface area (Å²) in [6.07, 6.45) is 1.92. The molecule has 2 amide bonds. The Balaban J connectivity index is 1.97. The van der Waals surface area contributed by atoms with Crippen LogP contribution in [0.3, 0.4) is 0 Å². The van der Waals surface area contributed by atoms with Gasteiger partial charge in [-0.1, -0.05) is 11.6 Å². The van der Waals surface area contributed by atoms with Gasteiger partial charge in [0.25, 0.3) is 15.9 Å². The highest BCUT2D eigenvalue weighted by Gasteiger charge is 2.33. The van der Waals surface area contributed by atoms with E-state index in [0.717, 1.165) is 22.9 Å². The fraction of sp³-hybridized carbons (Fsp3) is 0.300. The van der Waals surface area contributed by atoms with Crippen molar-refractivity contribution >= 4 is 39.1 Å². The van der Waals surface area contributed by atoms with E-state index < -0.39 is 33.7 Å². The highest BCUT2D eigenvalue weighted by Crippen LogP contribution is 2.28. The van der Waals surface area contributed by atoms with Crippen LogP contribution in [0.25, 0.3) is 0 Å². The van der Waals surface area contributed by atoms with Crippen LogP contribution in [-0.2, 0) is 14.8 Å². The highest BCUT2D eigenvalue weighted by atomic mass is 35.5. The summed E-state index contributed by atoms with van der Waals surface area (Å²) in [5.74, 6) is -1.65. The average Bonchev–Trinajstić information content (AvgIpc) is 2.73. The van der Waals surface area contributed by atoms with Crippen molar-refractivity contribution in [2.45, 2.75) is 30.2 Å². The van der Waals surface area contributed by atoms with Crippen LogP contribution in [0.4, 0.5) is 10.1 Å². The minimum atomic E-state index is -4.05. The van der Waals surface area contributed by atoms with Gasteiger partial charge in [-0.3, -0.25) is 13.9 Å². The van der Waals surface area contributed by atoms with E-state index in [-0.39, 0.29) is 21.2 Å². The largest absolute Gasteiger partial charge is 0.368 e. The van der Waals surface area contributed by atoms with Gasteiger partial charge in [0.1, 0.15) is 11.9 Å². The molecule has 0 saturated carbocycles. The molecule has 2 aromatic rings. The molecule has 0 aromatic heterocycles. The van der Waals surface area contributed by atoms with Gasteiger partial charge >= 0.3 is 0 Å². The van der Waals surface area contributed by atoms with E-state index >= 15 is 0 Å². The van der Waals surface area contributed by atoms with E-state index in [4.69, 9.17) is 17.3 Å². The Hall–Kier alpha value is -2.65. The lowest BCUT2D eigenvalue weighted by Gasteiger charge is -2.34. The molecule has 0 aliphatic carbocycles. The number of nitrogens with zero attached hydrogens (tertiary/aromatic N) is 2. The molecule has 1 saturated heterocycles. The molecule has 1 fully saturated rings. The van der Waals surface area contributed by atoms with E-state index in [1.54, 1.807) is 0 Å². The number of sulfonamides is 1. The van der Waals surface area contributed by atoms with Gasteiger partial charge in [0.05, 0.1) is 21.2 Å². The SMILES string of the molecule is CN(c1ccc(F)cc1)S(=O)(=O)c1ccc(Cl)c(C(=O)N2CCCC[C@@H]2C(N)=O)c1. The van der Waals surface area contributed by atoms with Gasteiger partial charge in [0, 0.05) is 13.6 Å². The van der Waals surface area contributed by atoms with Crippen molar-refractivity contribution in [1.82, 2.24) is 4.90 Å². The second-order valence-corrected chi connectivity index (χ2v) is 9.38. The standard InChI is InChI=1S/C20H21ClFN3O4S/c1-24(14-7-5-13(22)6-8-14)30(28,29)15-9-10-17(21)16(12-15)20(27)25-11-3-2-4-18(25)19(23)26/h5-10,12,18H,2-4,11H2,1H3,(H2,23,26)/t18-/m1/s1. The number of amides is 2. The second-order valence-electron chi connectivity index (χ2n) is 7.00. The average molecular weight is 454 g/mol. The normalized spacial score (nSPS) is 16.9. The summed E-state index contributed by atoms with van der Waals surface area (Å²) in [5, 5.41) is 0.0668. The third kappa shape index (κ3) is 4.27. The molecular weight excluding hydrogens is 433 g/mol. The number of anilines is 1. The van der Waals surface area contributed by atoms with Crippen LogP contribution >= 0.6 is 11.6 Å². The summed E-state index contributed by atoms with van der Waals surface area (Å²) in [4.78, 5) is 26.0. The monoisotopic (exact) mass is 453 g/mol. The fourth-order valence-electron chi connectivity index (χ4n) is 3.40. The molecule has 0 radical (unpaired) electrons. The molecule has 0 bridgehead atoms. The first-order chi connectivity index (χ1) is 14.1. The molecule has 30 heavy (non-hydrogen) atoms. The molecule has 2 N–H and O–H groups in total. The number of rotatable bonds is 5. The quantitative estimate of drug-likeness (QED) is 0.752. The van der Waals surface area contributed by atoms with Gasteiger partial charge in [-0.25, -0.2) is 12.8 Å². The van der Waals surface area contributed by atoms with E-state index in [1.807, 2.05) is 0 Å². The molecule has 7 nitrogen and oxygen atoms in total. The number of benzene rings is 2. The lowest BCUT2D eigenvalue weighted by atomic mass is 10.0. The van der Waals surface area contributed by atoms with Gasteiger partial charge in [-0.15, -0.1) is 0 Å². The van der Waals surface area contributed by atoms with Crippen LogP contribution in [0, 0.1) is 5.82 Å². The Morgan fingerprint density at radius 2 is 1.83 bits per heavy atom. The lowest BCUT2D eigenvalue weighted by Crippen LogP contribution is -2.50. The summed E-state index contributed by atoms with van der Waals surface area (Å²) in [5.41, 5.74) is 5.65. The van der Waals surface area contributed by atoms with Gasteiger partial charge < -0.3 is 10.6 Å². The molecule has 0 spiro atoms. The summed E-state index contributed by atoms with van der Waals surface area (Å²) in [6, 6.07) is 8.01. The van der Waals surface area contributed by atoms with E-state index in [9.17, 15) is 22.4 Å². The molecule has 2 aromatic carbocycles. The van der Waals surface area contributed by atoms with Crippen molar-refractivity contribution in [3.63, 3.8) is 0 Å². The van der Waals surface area contributed by atoms with Crippen LogP contribution in [0.15, 0.2) is 47.4 Å². The topological polar surface area (TPSA) is 101 Å². The molecule has 1 heterocycles. The van der Waals surface area contributed by atoms with Crippen molar-refractivity contribution < 1.29 is 22.4 Å². The number of hydrogen-bond acceptors (Lipinski definition) is 4. The fourth-order valence-corrected chi connectivity index (χ4v) is 4.82. The molecule has 3 rings (SSSR count). The zero-order valence-corrected chi connectivity index (χ0v) is 17.8. The van der Waals surface area contributed by atoms with Crippen molar-refractivity contribution in [3.8, 4) is 0 Å². The summed E-state index contributed by atoms with van der Waals surface area (Å²) < 4.78 is 40.2. The van der Waals surface area contributed by atoms with E-state index in [0.29, 0.717) is 19.4 Å². The molecular formula is C20H21ClFN3O4S. The van der Waals surface area contributed by atoms with Crippen molar-refractivity contribution in [1.29, 1.82) is 0 Å². The van der Waals surface area contributed by atoms with E-state index in [1.165, 1.54) is 42.3 Å². The number of primary amides is 1. The lowest BCUT2D eigenvalue weighted by molar-refractivity contribution is -0.123. The van der Waals surface area contributed by atoms with Crippen LogP contribution < -0.4 is 10.0 Å². The third-order valence-corrected chi connectivity index (χ3v) is 7.22. The number of carbonyl (C=O) groups is 2. The van der Waals surface area contributed by atoms with E-state index in [2.05, 4.69) is 0 Å². The number of carbonyl (C=O) groups excluding carboxylic acids is 2. The zero-order chi connectivity index (χ0) is 22.1. The number of halogens is 2. The first kappa shape index (κ1) is 22.0. The van der Waals surface area contributed by atoms with Crippen LogP contribution in [0.2, 0.25) is 5.02 Å². The molecule has 1 atom stereocenters. The number of piperidine rings is 1. The van der Waals surface area contributed by atoms with Gasteiger partial charge in [-0.2, -0.15) is 0 Å². The van der Waals surface area contributed by atoms with Gasteiger partial charge in [0.2, 0.25) is 5.91 Å². The summed E-state index contributed by atoms with van der Waals surface area (Å²) in [7, 11) is -2.72. The first-order valence-corrected chi connectivity index (χ1v) is 11.1. The number of hydrogen-bond donors (Lipinski definition) is 1. The second kappa shape index (κ2) is 8.61. The maximum atomic E-state index is 13.2. The summed E-state index contributed by atoms with van der Waals surface area (Å²) >= 11 is 6.19. The third-order valence-electron chi connectivity index (χ3n) is 5.11. The van der Waals surface area contributed by atoms with Crippen LogP contribution in [-0.4, -0.2) is 44.8 Å². The van der Waals surface area contributed by atoms with Gasteiger partial charge in [0.15, 0.2) is 0 Å². The Bertz CT molecular complexity index is 1080. The first-order valence-electron chi connectivity index (χ1n) is 9.27. The molecule has 1 aliphatic heterocycles.